The van der Waals surface area contributed by atoms with Gasteiger partial charge in [0.1, 0.15) is 6.10 Å². The van der Waals surface area contributed by atoms with Crippen molar-refractivity contribution in [1.29, 1.82) is 0 Å². The highest BCUT2D eigenvalue weighted by atomic mass is 16.5. The Morgan fingerprint density at radius 3 is 2.69 bits per heavy atom. The third-order valence-electron chi connectivity index (χ3n) is 1.98. The van der Waals surface area contributed by atoms with E-state index in [1.54, 1.807) is 7.11 Å². The van der Waals surface area contributed by atoms with Crippen LogP contribution in [0.5, 0.6) is 0 Å². The van der Waals surface area contributed by atoms with Crippen LogP contribution in [-0.2, 0) is 4.74 Å². The van der Waals surface area contributed by atoms with E-state index in [2.05, 4.69) is 15.5 Å². The topological polar surface area (TPSA) is 60.2 Å². The van der Waals surface area contributed by atoms with Gasteiger partial charge in [-0.3, -0.25) is 0 Å². The highest BCUT2D eigenvalue weighted by Crippen LogP contribution is 2.14. The molecule has 0 aliphatic heterocycles. The Balaban J connectivity index is 2.74. The minimum atomic E-state index is -0.124. The molecule has 1 aromatic rings. The van der Waals surface area contributed by atoms with Gasteiger partial charge in [0, 0.05) is 7.11 Å². The smallest absolute Gasteiger partial charge is 0.243 e. The van der Waals surface area contributed by atoms with Gasteiger partial charge in [-0.1, -0.05) is 5.16 Å². The molecule has 74 valence electrons. The fourth-order valence-corrected chi connectivity index (χ4v) is 0.817. The number of hydrogen-bond acceptors (Lipinski definition) is 5. The standard InChI is InChI=1S/C8H15N3O2/c1-5(9-3)8-10-7(11-13-8)6(2)12-4/h5-6,9H,1-4H3. The van der Waals surface area contributed by atoms with E-state index in [0.29, 0.717) is 11.7 Å². The van der Waals surface area contributed by atoms with Gasteiger partial charge in [-0.2, -0.15) is 4.98 Å². The van der Waals surface area contributed by atoms with E-state index in [9.17, 15) is 0 Å². The van der Waals surface area contributed by atoms with E-state index in [-0.39, 0.29) is 12.1 Å². The van der Waals surface area contributed by atoms with E-state index in [4.69, 9.17) is 9.26 Å². The zero-order valence-electron chi connectivity index (χ0n) is 8.37. The second-order valence-corrected chi connectivity index (χ2v) is 2.88. The number of aromatic nitrogens is 2. The quantitative estimate of drug-likeness (QED) is 0.760. The minimum absolute atomic E-state index is 0.0744. The lowest BCUT2D eigenvalue weighted by Gasteiger charge is -2.03. The maximum absolute atomic E-state index is 5.06. The summed E-state index contributed by atoms with van der Waals surface area (Å²) in [7, 11) is 3.45. The number of methoxy groups -OCH3 is 1. The number of rotatable bonds is 4. The van der Waals surface area contributed by atoms with Crippen LogP contribution in [0.1, 0.15) is 37.7 Å². The van der Waals surface area contributed by atoms with E-state index in [1.165, 1.54) is 0 Å². The van der Waals surface area contributed by atoms with Gasteiger partial charge < -0.3 is 14.6 Å². The first-order chi connectivity index (χ1) is 6.19. The molecule has 1 rings (SSSR count). The van der Waals surface area contributed by atoms with Crippen molar-refractivity contribution in [3.63, 3.8) is 0 Å². The number of hydrogen-bond donors (Lipinski definition) is 1. The van der Waals surface area contributed by atoms with Crippen LogP contribution < -0.4 is 5.32 Å². The van der Waals surface area contributed by atoms with Crippen LogP contribution in [0.4, 0.5) is 0 Å². The van der Waals surface area contributed by atoms with Crippen molar-refractivity contribution in [2.45, 2.75) is 26.0 Å². The predicted molar refractivity (Wildman–Crippen MR) is 47.2 cm³/mol. The van der Waals surface area contributed by atoms with Crippen LogP contribution in [0.2, 0.25) is 0 Å². The van der Waals surface area contributed by atoms with Crippen molar-refractivity contribution >= 4 is 0 Å². The Morgan fingerprint density at radius 2 is 2.15 bits per heavy atom. The van der Waals surface area contributed by atoms with Gasteiger partial charge in [-0.05, 0) is 20.9 Å². The molecule has 5 heteroatoms. The lowest BCUT2D eigenvalue weighted by molar-refractivity contribution is 0.109. The lowest BCUT2D eigenvalue weighted by atomic mass is 10.3. The van der Waals surface area contributed by atoms with Gasteiger partial charge in [0.25, 0.3) is 0 Å². The summed E-state index contributed by atoms with van der Waals surface area (Å²) in [6, 6.07) is 0.0744. The largest absolute Gasteiger partial charge is 0.374 e. The van der Waals surface area contributed by atoms with Crippen LogP contribution in [0, 0.1) is 0 Å². The Bertz CT molecular complexity index is 237. The first-order valence-corrected chi connectivity index (χ1v) is 4.22. The summed E-state index contributed by atoms with van der Waals surface area (Å²) in [6.45, 7) is 3.83. The molecule has 0 aliphatic rings. The summed E-state index contributed by atoms with van der Waals surface area (Å²) in [5.41, 5.74) is 0. The maximum Gasteiger partial charge on any atom is 0.243 e. The minimum Gasteiger partial charge on any atom is -0.374 e. The molecule has 0 amide bonds. The predicted octanol–water partition coefficient (Wildman–Crippen LogP) is 1.06. The van der Waals surface area contributed by atoms with Crippen LogP contribution >= 0.6 is 0 Å². The van der Waals surface area contributed by atoms with Crippen LogP contribution in [0.3, 0.4) is 0 Å². The van der Waals surface area contributed by atoms with Crippen molar-refractivity contribution in [2.24, 2.45) is 0 Å². The normalized spacial score (nSPS) is 15.7. The molecule has 0 radical (unpaired) electrons. The fraction of sp³-hybridized carbons (Fsp3) is 0.750. The zero-order chi connectivity index (χ0) is 9.84. The van der Waals surface area contributed by atoms with Crippen LogP contribution in [-0.4, -0.2) is 24.3 Å². The van der Waals surface area contributed by atoms with E-state index >= 15 is 0 Å². The molecular weight excluding hydrogens is 170 g/mol. The molecular formula is C8H15N3O2. The molecule has 0 saturated carbocycles. The average Bonchev–Trinajstić information content (AvgIpc) is 2.64. The molecule has 2 atom stereocenters. The van der Waals surface area contributed by atoms with Crippen LogP contribution in [0.15, 0.2) is 4.52 Å². The Kier molecular flexibility index (Phi) is 3.39. The Hall–Kier alpha value is -0.940. The van der Waals surface area contributed by atoms with Gasteiger partial charge >= 0.3 is 0 Å². The highest BCUT2D eigenvalue weighted by Gasteiger charge is 2.15. The summed E-state index contributed by atoms with van der Waals surface area (Å²) in [5, 5.41) is 6.82. The van der Waals surface area contributed by atoms with Crippen molar-refractivity contribution < 1.29 is 9.26 Å². The Labute approximate surface area is 77.5 Å². The monoisotopic (exact) mass is 185 g/mol. The number of nitrogens with zero attached hydrogens (tertiary/aromatic N) is 2. The van der Waals surface area contributed by atoms with E-state index in [0.717, 1.165) is 0 Å². The number of nitrogens with one attached hydrogen (secondary N) is 1. The second kappa shape index (κ2) is 4.34. The van der Waals surface area contributed by atoms with Crippen molar-refractivity contribution in [1.82, 2.24) is 15.5 Å². The molecule has 0 bridgehead atoms. The molecule has 5 nitrogen and oxygen atoms in total. The molecule has 0 spiro atoms. The van der Waals surface area contributed by atoms with Crippen molar-refractivity contribution in [2.75, 3.05) is 14.2 Å². The van der Waals surface area contributed by atoms with E-state index in [1.807, 2.05) is 20.9 Å². The Morgan fingerprint density at radius 1 is 1.46 bits per heavy atom. The molecule has 0 aliphatic carbocycles. The molecule has 0 saturated heterocycles. The first kappa shape index (κ1) is 10.1. The average molecular weight is 185 g/mol. The fourth-order valence-electron chi connectivity index (χ4n) is 0.817. The lowest BCUT2D eigenvalue weighted by Crippen LogP contribution is -2.12. The van der Waals surface area contributed by atoms with Gasteiger partial charge in [-0.25, -0.2) is 0 Å². The first-order valence-electron chi connectivity index (χ1n) is 4.22. The van der Waals surface area contributed by atoms with E-state index < -0.39 is 0 Å². The summed E-state index contributed by atoms with van der Waals surface area (Å²) in [5.74, 6) is 1.17. The third kappa shape index (κ3) is 2.26. The summed E-state index contributed by atoms with van der Waals surface area (Å²) in [4.78, 5) is 4.19. The molecule has 0 aromatic carbocycles. The van der Waals surface area contributed by atoms with Gasteiger partial charge in [-0.15, -0.1) is 0 Å². The highest BCUT2D eigenvalue weighted by molar-refractivity contribution is 4.93. The summed E-state index contributed by atoms with van der Waals surface area (Å²) in [6.07, 6.45) is -0.124. The number of ether oxygens (including phenoxy) is 1. The molecule has 2 unspecified atom stereocenters. The second-order valence-electron chi connectivity index (χ2n) is 2.88. The van der Waals surface area contributed by atoms with Crippen LogP contribution in [0.25, 0.3) is 0 Å². The molecule has 1 aromatic heterocycles. The molecule has 0 fully saturated rings. The molecule has 1 heterocycles. The third-order valence-corrected chi connectivity index (χ3v) is 1.98. The van der Waals surface area contributed by atoms with Crippen molar-refractivity contribution in [3.05, 3.63) is 11.7 Å². The van der Waals surface area contributed by atoms with Gasteiger partial charge in [0.15, 0.2) is 5.82 Å². The van der Waals surface area contributed by atoms with Gasteiger partial charge in [0.05, 0.1) is 6.04 Å². The zero-order valence-corrected chi connectivity index (χ0v) is 8.37. The summed E-state index contributed by atoms with van der Waals surface area (Å²) >= 11 is 0. The molecule has 13 heavy (non-hydrogen) atoms. The van der Waals surface area contributed by atoms with Crippen molar-refractivity contribution in [3.8, 4) is 0 Å². The maximum atomic E-state index is 5.06. The summed E-state index contributed by atoms with van der Waals surface area (Å²) < 4.78 is 10.1. The SMILES string of the molecule is CNC(C)c1nc(C(C)OC)no1. The molecule has 1 N–H and O–H groups in total. The van der Waals surface area contributed by atoms with Gasteiger partial charge in [0.2, 0.25) is 5.89 Å².